The SMILES string of the molecule is CC1CN(C2CCC(N)CC2)C(C)CO1. The average Bonchev–Trinajstić information content (AvgIpc) is 2.23. The van der Waals surface area contributed by atoms with Gasteiger partial charge in [0.2, 0.25) is 0 Å². The molecule has 3 nitrogen and oxygen atoms in total. The highest BCUT2D eigenvalue weighted by Gasteiger charge is 2.31. The molecule has 1 saturated carbocycles. The lowest BCUT2D eigenvalue weighted by Gasteiger charge is -2.44. The van der Waals surface area contributed by atoms with Crippen LogP contribution >= 0.6 is 0 Å². The van der Waals surface area contributed by atoms with E-state index in [0.717, 1.165) is 19.2 Å². The van der Waals surface area contributed by atoms with Crippen molar-refractivity contribution in [2.75, 3.05) is 13.2 Å². The maximum absolute atomic E-state index is 5.95. The van der Waals surface area contributed by atoms with Gasteiger partial charge >= 0.3 is 0 Å². The molecule has 0 aromatic heterocycles. The van der Waals surface area contributed by atoms with Crippen LogP contribution in [0.1, 0.15) is 39.5 Å². The molecule has 2 N–H and O–H groups in total. The number of morpholine rings is 1. The highest BCUT2D eigenvalue weighted by Crippen LogP contribution is 2.26. The highest BCUT2D eigenvalue weighted by molar-refractivity contribution is 4.86. The van der Waals surface area contributed by atoms with Gasteiger partial charge in [-0.1, -0.05) is 0 Å². The third kappa shape index (κ3) is 2.71. The Morgan fingerprint density at radius 2 is 1.80 bits per heavy atom. The monoisotopic (exact) mass is 212 g/mol. The molecule has 0 amide bonds. The van der Waals surface area contributed by atoms with Crippen LogP contribution in [0.3, 0.4) is 0 Å². The predicted octanol–water partition coefficient (Wildman–Crippen LogP) is 1.37. The molecule has 15 heavy (non-hydrogen) atoms. The lowest BCUT2D eigenvalue weighted by Crippen LogP contribution is -2.53. The van der Waals surface area contributed by atoms with Crippen LogP contribution < -0.4 is 5.73 Å². The van der Waals surface area contributed by atoms with Gasteiger partial charge in [0.15, 0.2) is 0 Å². The minimum absolute atomic E-state index is 0.400. The molecule has 1 aliphatic heterocycles. The van der Waals surface area contributed by atoms with Crippen LogP contribution in [-0.4, -0.2) is 42.3 Å². The van der Waals surface area contributed by atoms with Gasteiger partial charge in [0.25, 0.3) is 0 Å². The standard InChI is InChI=1S/C12H24N2O/c1-9-8-15-10(2)7-14(9)12-5-3-11(13)4-6-12/h9-12H,3-8,13H2,1-2H3. The van der Waals surface area contributed by atoms with Crippen molar-refractivity contribution in [3.63, 3.8) is 0 Å². The summed E-state index contributed by atoms with van der Waals surface area (Å²) in [6.45, 7) is 6.44. The van der Waals surface area contributed by atoms with E-state index in [1.807, 2.05) is 0 Å². The molecule has 88 valence electrons. The van der Waals surface area contributed by atoms with Crippen LogP contribution in [0, 0.1) is 0 Å². The lowest BCUT2D eigenvalue weighted by atomic mass is 9.89. The number of nitrogens with zero attached hydrogens (tertiary/aromatic N) is 1. The van der Waals surface area contributed by atoms with E-state index < -0.39 is 0 Å². The quantitative estimate of drug-likeness (QED) is 0.713. The molecule has 0 radical (unpaired) electrons. The molecule has 0 aromatic rings. The molecule has 0 aromatic carbocycles. The molecular weight excluding hydrogens is 188 g/mol. The summed E-state index contributed by atoms with van der Waals surface area (Å²) in [5.41, 5.74) is 5.95. The summed E-state index contributed by atoms with van der Waals surface area (Å²) in [4.78, 5) is 2.64. The van der Waals surface area contributed by atoms with Crippen molar-refractivity contribution >= 4 is 0 Å². The first kappa shape index (κ1) is 11.4. The van der Waals surface area contributed by atoms with Crippen molar-refractivity contribution in [1.82, 2.24) is 4.90 Å². The van der Waals surface area contributed by atoms with Crippen molar-refractivity contribution in [2.24, 2.45) is 5.73 Å². The van der Waals surface area contributed by atoms with Gasteiger partial charge in [-0.25, -0.2) is 0 Å². The Balaban J connectivity index is 1.90. The normalized spacial score (nSPS) is 44.2. The molecule has 1 heterocycles. The third-order valence-electron chi connectivity index (χ3n) is 3.87. The van der Waals surface area contributed by atoms with Gasteiger partial charge < -0.3 is 10.5 Å². The minimum Gasteiger partial charge on any atom is -0.376 e. The Bertz CT molecular complexity index is 202. The van der Waals surface area contributed by atoms with Crippen LogP contribution in [0.5, 0.6) is 0 Å². The van der Waals surface area contributed by atoms with Gasteiger partial charge in [-0.2, -0.15) is 0 Å². The van der Waals surface area contributed by atoms with Gasteiger partial charge in [-0.3, -0.25) is 4.90 Å². The topological polar surface area (TPSA) is 38.5 Å². The number of hydrogen-bond acceptors (Lipinski definition) is 3. The van der Waals surface area contributed by atoms with E-state index in [-0.39, 0.29) is 0 Å². The van der Waals surface area contributed by atoms with Crippen molar-refractivity contribution in [1.29, 1.82) is 0 Å². The van der Waals surface area contributed by atoms with Crippen LogP contribution in [0.25, 0.3) is 0 Å². The van der Waals surface area contributed by atoms with Gasteiger partial charge in [0.1, 0.15) is 0 Å². The first-order chi connectivity index (χ1) is 7.16. The van der Waals surface area contributed by atoms with Gasteiger partial charge in [-0.15, -0.1) is 0 Å². The average molecular weight is 212 g/mol. The minimum atomic E-state index is 0.400. The Hall–Kier alpha value is -0.120. The molecule has 2 aliphatic rings. The van der Waals surface area contributed by atoms with E-state index in [1.165, 1.54) is 25.7 Å². The van der Waals surface area contributed by atoms with Crippen molar-refractivity contribution in [2.45, 2.75) is 63.8 Å². The van der Waals surface area contributed by atoms with E-state index in [1.54, 1.807) is 0 Å². The number of rotatable bonds is 1. The van der Waals surface area contributed by atoms with Crippen LogP contribution in [-0.2, 0) is 4.74 Å². The van der Waals surface area contributed by atoms with Gasteiger partial charge in [0, 0.05) is 24.7 Å². The summed E-state index contributed by atoms with van der Waals surface area (Å²) in [5.74, 6) is 0. The van der Waals surface area contributed by atoms with Crippen molar-refractivity contribution in [3.8, 4) is 0 Å². The van der Waals surface area contributed by atoms with E-state index in [0.29, 0.717) is 18.2 Å². The second-order valence-electron chi connectivity index (χ2n) is 5.26. The first-order valence-corrected chi connectivity index (χ1v) is 6.29. The Kier molecular flexibility index (Phi) is 3.65. The summed E-state index contributed by atoms with van der Waals surface area (Å²) < 4.78 is 5.67. The second kappa shape index (κ2) is 4.81. The van der Waals surface area contributed by atoms with Gasteiger partial charge in [0.05, 0.1) is 12.7 Å². The summed E-state index contributed by atoms with van der Waals surface area (Å²) in [5, 5.41) is 0. The Labute approximate surface area is 93.0 Å². The maximum atomic E-state index is 5.95. The molecule has 2 unspecified atom stereocenters. The van der Waals surface area contributed by atoms with Crippen LogP contribution in [0.2, 0.25) is 0 Å². The molecular formula is C12H24N2O. The summed E-state index contributed by atoms with van der Waals surface area (Å²) in [6, 6.07) is 1.79. The molecule has 0 spiro atoms. The van der Waals surface area contributed by atoms with Crippen molar-refractivity contribution in [3.05, 3.63) is 0 Å². The number of hydrogen-bond donors (Lipinski definition) is 1. The number of ether oxygens (including phenoxy) is 1. The Morgan fingerprint density at radius 3 is 2.47 bits per heavy atom. The molecule has 1 aliphatic carbocycles. The molecule has 2 atom stereocenters. The molecule has 3 heteroatoms. The summed E-state index contributed by atoms with van der Waals surface area (Å²) in [7, 11) is 0. The molecule has 0 bridgehead atoms. The lowest BCUT2D eigenvalue weighted by molar-refractivity contribution is -0.0715. The first-order valence-electron chi connectivity index (χ1n) is 6.29. The zero-order chi connectivity index (χ0) is 10.8. The van der Waals surface area contributed by atoms with E-state index in [2.05, 4.69) is 18.7 Å². The largest absolute Gasteiger partial charge is 0.376 e. The van der Waals surface area contributed by atoms with E-state index in [4.69, 9.17) is 10.5 Å². The molecule has 2 fully saturated rings. The second-order valence-corrected chi connectivity index (χ2v) is 5.26. The van der Waals surface area contributed by atoms with Crippen molar-refractivity contribution < 1.29 is 4.74 Å². The Morgan fingerprint density at radius 1 is 1.13 bits per heavy atom. The zero-order valence-corrected chi connectivity index (χ0v) is 9.98. The number of nitrogens with two attached hydrogens (primary N) is 1. The summed E-state index contributed by atoms with van der Waals surface area (Å²) >= 11 is 0. The fourth-order valence-electron chi connectivity index (χ4n) is 2.87. The van der Waals surface area contributed by atoms with Crippen LogP contribution in [0.15, 0.2) is 0 Å². The van der Waals surface area contributed by atoms with E-state index >= 15 is 0 Å². The third-order valence-corrected chi connectivity index (χ3v) is 3.87. The smallest absolute Gasteiger partial charge is 0.0674 e. The van der Waals surface area contributed by atoms with Crippen LogP contribution in [0.4, 0.5) is 0 Å². The van der Waals surface area contributed by atoms with Gasteiger partial charge in [-0.05, 0) is 39.5 Å². The zero-order valence-electron chi connectivity index (χ0n) is 9.98. The summed E-state index contributed by atoms with van der Waals surface area (Å²) in [6.07, 6.45) is 5.35. The fraction of sp³-hybridized carbons (Fsp3) is 1.00. The highest BCUT2D eigenvalue weighted by atomic mass is 16.5. The molecule has 1 saturated heterocycles. The maximum Gasteiger partial charge on any atom is 0.0674 e. The fourth-order valence-corrected chi connectivity index (χ4v) is 2.87. The van der Waals surface area contributed by atoms with E-state index in [9.17, 15) is 0 Å². The molecule has 2 rings (SSSR count). The predicted molar refractivity (Wildman–Crippen MR) is 61.8 cm³/mol.